The number of Topliss-reactive ketones (excluding diaryl/α,β-unsaturated/α-hetero) is 1. The zero-order valence-electron chi connectivity index (χ0n) is 16.1. The summed E-state index contributed by atoms with van der Waals surface area (Å²) in [5.74, 6) is -0.498. The molecule has 1 aliphatic rings. The van der Waals surface area contributed by atoms with Gasteiger partial charge in [-0.05, 0) is 54.8 Å². The van der Waals surface area contributed by atoms with Crippen molar-refractivity contribution in [2.45, 2.75) is 13.8 Å². The second-order valence-electron chi connectivity index (χ2n) is 6.96. The summed E-state index contributed by atoms with van der Waals surface area (Å²) >= 11 is 0. The standard InChI is InChI=1S/C24H19NO4/c1-15(26)14-29-18-11-12-20-21(13-18)24(28)25(23(20)27)22-10-6-9-19(16(22)2)17-7-4-3-5-8-17/h3-13H,14H2,1-2H3. The molecule has 3 aromatic carbocycles. The minimum Gasteiger partial charge on any atom is -0.486 e. The van der Waals surface area contributed by atoms with Crippen LogP contribution in [0.4, 0.5) is 5.69 Å². The SMILES string of the molecule is CC(=O)COc1ccc2c(c1)C(=O)N(c1cccc(-c3ccccc3)c1C)C2=O. The highest BCUT2D eigenvalue weighted by Crippen LogP contribution is 2.36. The molecule has 0 aliphatic carbocycles. The Morgan fingerprint density at radius 2 is 1.59 bits per heavy atom. The van der Waals surface area contributed by atoms with E-state index in [-0.39, 0.29) is 23.9 Å². The third-order valence-electron chi connectivity index (χ3n) is 4.93. The topological polar surface area (TPSA) is 63.7 Å². The van der Waals surface area contributed by atoms with Crippen molar-refractivity contribution in [3.05, 3.63) is 83.4 Å². The zero-order valence-corrected chi connectivity index (χ0v) is 16.1. The Hall–Kier alpha value is -3.73. The van der Waals surface area contributed by atoms with Gasteiger partial charge in [0.25, 0.3) is 11.8 Å². The molecule has 5 nitrogen and oxygen atoms in total. The van der Waals surface area contributed by atoms with E-state index in [2.05, 4.69) is 0 Å². The molecule has 3 aromatic rings. The summed E-state index contributed by atoms with van der Waals surface area (Å²) in [6, 6.07) is 20.1. The summed E-state index contributed by atoms with van der Waals surface area (Å²) < 4.78 is 5.39. The van der Waals surface area contributed by atoms with E-state index in [9.17, 15) is 14.4 Å². The Bertz CT molecular complexity index is 1130. The number of ketones is 1. The third kappa shape index (κ3) is 3.31. The van der Waals surface area contributed by atoms with Gasteiger partial charge in [-0.15, -0.1) is 0 Å². The number of hydrogen-bond donors (Lipinski definition) is 0. The number of amides is 2. The molecule has 1 heterocycles. The predicted molar refractivity (Wildman–Crippen MR) is 110 cm³/mol. The van der Waals surface area contributed by atoms with Crippen molar-refractivity contribution in [1.82, 2.24) is 0 Å². The van der Waals surface area contributed by atoms with Gasteiger partial charge in [0.2, 0.25) is 0 Å². The van der Waals surface area contributed by atoms with E-state index in [1.54, 1.807) is 18.2 Å². The van der Waals surface area contributed by atoms with Gasteiger partial charge in [0.05, 0.1) is 16.8 Å². The normalized spacial score (nSPS) is 12.8. The van der Waals surface area contributed by atoms with Gasteiger partial charge >= 0.3 is 0 Å². The average molecular weight is 385 g/mol. The van der Waals surface area contributed by atoms with E-state index in [1.807, 2.05) is 49.4 Å². The summed E-state index contributed by atoms with van der Waals surface area (Å²) in [4.78, 5) is 38.4. The molecule has 0 saturated heterocycles. The van der Waals surface area contributed by atoms with Crippen molar-refractivity contribution in [3.8, 4) is 16.9 Å². The van der Waals surface area contributed by atoms with Crippen molar-refractivity contribution >= 4 is 23.3 Å². The number of carbonyl (C=O) groups is 3. The minimum atomic E-state index is -0.397. The molecular weight excluding hydrogens is 366 g/mol. The molecule has 0 spiro atoms. The van der Waals surface area contributed by atoms with Crippen LogP contribution in [0.5, 0.6) is 5.75 Å². The largest absolute Gasteiger partial charge is 0.486 e. The lowest BCUT2D eigenvalue weighted by Gasteiger charge is -2.19. The van der Waals surface area contributed by atoms with Crippen molar-refractivity contribution in [2.24, 2.45) is 0 Å². The van der Waals surface area contributed by atoms with Crippen LogP contribution in [0.2, 0.25) is 0 Å². The highest BCUT2D eigenvalue weighted by Gasteiger charge is 2.38. The molecule has 0 atom stereocenters. The smallest absolute Gasteiger partial charge is 0.266 e. The number of carbonyl (C=O) groups excluding carboxylic acids is 3. The van der Waals surface area contributed by atoms with Crippen LogP contribution in [0.1, 0.15) is 33.2 Å². The van der Waals surface area contributed by atoms with Gasteiger partial charge < -0.3 is 4.74 Å². The molecule has 0 unspecified atom stereocenters. The number of nitrogens with zero attached hydrogens (tertiary/aromatic N) is 1. The van der Waals surface area contributed by atoms with Crippen LogP contribution in [-0.2, 0) is 4.79 Å². The number of anilines is 1. The number of hydrogen-bond acceptors (Lipinski definition) is 4. The van der Waals surface area contributed by atoms with Gasteiger partial charge in [-0.1, -0.05) is 42.5 Å². The van der Waals surface area contributed by atoms with Crippen molar-refractivity contribution in [2.75, 3.05) is 11.5 Å². The number of rotatable bonds is 5. The highest BCUT2D eigenvalue weighted by atomic mass is 16.5. The lowest BCUT2D eigenvalue weighted by Crippen LogP contribution is -2.30. The monoisotopic (exact) mass is 385 g/mol. The first-order valence-corrected chi connectivity index (χ1v) is 9.27. The maximum absolute atomic E-state index is 13.1. The van der Waals surface area contributed by atoms with Crippen LogP contribution in [0.25, 0.3) is 11.1 Å². The first-order chi connectivity index (χ1) is 14.0. The third-order valence-corrected chi connectivity index (χ3v) is 4.93. The number of fused-ring (bicyclic) bond motifs is 1. The number of ether oxygens (including phenoxy) is 1. The van der Waals surface area contributed by atoms with Gasteiger partial charge in [-0.2, -0.15) is 0 Å². The highest BCUT2D eigenvalue weighted by molar-refractivity contribution is 6.34. The summed E-state index contributed by atoms with van der Waals surface area (Å²) in [7, 11) is 0. The lowest BCUT2D eigenvalue weighted by atomic mass is 9.99. The molecule has 0 N–H and O–H groups in total. The molecule has 0 saturated carbocycles. The van der Waals surface area contributed by atoms with Crippen LogP contribution in [0, 0.1) is 6.92 Å². The molecule has 29 heavy (non-hydrogen) atoms. The molecule has 5 heteroatoms. The van der Waals surface area contributed by atoms with Gasteiger partial charge in [0.15, 0.2) is 5.78 Å². The van der Waals surface area contributed by atoms with E-state index in [1.165, 1.54) is 17.9 Å². The fourth-order valence-electron chi connectivity index (χ4n) is 3.51. The second kappa shape index (κ2) is 7.36. The minimum absolute atomic E-state index is 0.0805. The second-order valence-corrected chi connectivity index (χ2v) is 6.96. The molecule has 0 fully saturated rings. The van der Waals surface area contributed by atoms with Crippen LogP contribution >= 0.6 is 0 Å². The number of benzene rings is 3. The maximum atomic E-state index is 13.1. The predicted octanol–water partition coefficient (Wildman–Crippen LogP) is 4.43. The van der Waals surface area contributed by atoms with Crippen molar-refractivity contribution in [1.29, 1.82) is 0 Å². The molecule has 0 aromatic heterocycles. The van der Waals surface area contributed by atoms with E-state index >= 15 is 0 Å². The Morgan fingerprint density at radius 3 is 2.31 bits per heavy atom. The first kappa shape index (κ1) is 18.6. The zero-order chi connectivity index (χ0) is 20.5. The number of imide groups is 1. The fraction of sp³-hybridized carbons (Fsp3) is 0.125. The molecule has 2 amide bonds. The van der Waals surface area contributed by atoms with Crippen LogP contribution in [-0.4, -0.2) is 24.2 Å². The van der Waals surface area contributed by atoms with E-state index in [0.29, 0.717) is 17.0 Å². The maximum Gasteiger partial charge on any atom is 0.266 e. The van der Waals surface area contributed by atoms with Crippen molar-refractivity contribution in [3.63, 3.8) is 0 Å². The van der Waals surface area contributed by atoms with Gasteiger partial charge in [0.1, 0.15) is 12.4 Å². The average Bonchev–Trinajstić information content (AvgIpc) is 2.97. The van der Waals surface area contributed by atoms with E-state index in [0.717, 1.165) is 16.7 Å². The summed E-state index contributed by atoms with van der Waals surface area (Å²) in [6.45, 7) is 3.25. The quantitative estimate of drug-likeness (QED) is 0.610. The molecule has 0 bridgehead atoms. The first-order valence-electron chi connectivity index (χ1n) is 9.27. The molecule has 1 aliphatic heterocycles. The molecule has 0 radical (unpaired) electrons. The van der Waals surface area contributed by atoms with Gasteiger partial charge in [-0.3, -0.25) is 14.4 Å². The van der Waals surface area contributed by atoms with E-state index < -0.39 is 5.91 Å². The molecule has 144 valence electrons. The van der Waals surface area contributed by atoms with Crippen LogP contribution in [0.15, 0.2) is 66.7 Å². The Kier molecular flexibility index (Phi) is 4.72. The van der Waals surface area contributed by atoms with Gasteiger partial charge in [0, 0.05) is 0 Å². The Balaban J connectivity index is 1.72. The molecule has 4 rings (SSSR count). The summed E-state index contributed by atoms with van der Waals surface area (Å²) in [6.07, 6.45) is 0. The van der Waals surface area contributed by atoms with Crippen LogP contribution in [0.3, 0.4) is 0 Å². The van der Waals surface area contributed by atoms with Crippen molar-refractivity contribution < 1.29 is 19.1 Å². The Labute approximate surface area is 168 Å². The summed E-state index contributed by atoms with van der Waals surface area (Å²) in [5, 5.41) is 0. The fourth-order valence-corrected chi connectivity index (χ4v) is 3.51. The summed E-state index contributed by atoms with van der Waals surface area (Å²) in [5.41, 5.74) is 3.99. The van der Waals surface area contributed by atoms with Gasteiger partial charge in [-0.25, -0.2) is 4.90 Å². The lowest BCUT2D eigenvalue weighted by molar-refractivity contribution is -0.118. The van der Waals surface area contributed by atoms with E-state index in [4.69, 9.17) is 4.74 Å². The molecular formula is C24H19NO4. The Morgan fingerprint density at radius 1 is 0.862 bits per heavy atom. The van der Waals surface area contributed by atoms with Crippen LogP contribution < -0.4 is 9.64 Å².